The van der Waals surface area contributed by atoms with Crippen molar-refractivity contribution in [1.82, 2.24) is 0 Å². The van der Waals surface area contributed by atoms with E-state index in [1.54, 1.807) is 17.4 Å². The molecular weight excluding hydrogens is 390 g/mol. The normalized spacial score (nSPS) is 12.8. The van der Waals surface area contributed by atoms with Crippen molar-refractivity contribution >= 4 is 54.8 Å². The monoisotopic (exact) mass is 396 g/mol. The van der Waals surface area contributed by atoms with Crippen molar-refractivity contribution in [2.75, 3.05) is 0 Å². The Balaban J connectivity index is 2.42. The van der Waals surface area contributed by atoms with E-state index in [0.29, 0.717) is 0 Å². The number of hydrogen-bond acceptors (Lipinski definition) is 1. The molecule has 0 radical (unpaired) electrons. The maximum Gasteiger partial charge on any atom is 0.123 e. The van der Waals surface area contributed by atoms with Crippen LogP contribution >= 0.6 is 54.8 Å². The summed E-state index contributed by atoms with van der Waals surface area (Å²) in [4.78, 5) is 2.17. The van der Waals surface area contributed by atoms with Gasteiger partial charge in [-0.25, -0.2) is 4.39 Å². The Hall–Kier alpha value is 0.1000. The van der Waals surface area contributed by atoms with Crippen molar-refractivity contribution in [3.63, 3.8) is 0 Å². The van der Waals surface area contributed by atoms with Crippen LogP contribution in [0.15, 0.2) is 33.2 Å². The van der Waals surface area contributed by atoms with Gasteiger partial charge in [-0.15, -0.1) is 22.9 Å². The minimum absolute atomic E-state index is 0.277. The van der Waals surface area contributed by atoms with Crippen molar-refractivity contribution in [3.05, 3.63) is 54.3 Å². The molecule has 1 heterocycles. The van der Waals surface area contributed by atoms with E-state index < -0.39 is 0 Å². The zero-order valence-electron chi connectivity index (χ0n) is 8.81. The highest BCUT2D eigenvalue weighted by atomic mass is 79.9. The van der Waals surface area contributed by atoms with Crippen LogP contribution in [0.5, 0.6) is 0 Å². The lowest BCUT2D eigenvalue weighted by Crippen LogP contribution is -1.93. The van der Waals surface area contributed by atoms with Gasteiger partial charge in [0.05, 0.1) is 5.38 Å². The van der Waals surface area contributed by atoms with Gasteiger partial charge in [-0.1, -0.05) is 15.9 Å². The van der Waals surface area contributed by atoms with Crippen LogP contribution in [0.4, 0.5) is 4.39 Å². The molecule has 90 valence electrons. The molecular formula is C12H8Br2ClFS. The van der Waals surface area contributed by atoms with E-state index >= 15 is 0 Å². The second-order valence-electron chi connectivity index (χ2n) is 3.58. The van der Waals surface area contributed by atoms with Gasteiger partial charge in [-0.05, 0) is 52.7 Å². The van der Waals surface area contributed by atoms with Crippen LogP contribution in [0.1, 0.15) is 20.7 Å². The first kappa shape index (κ1) is 13.5. The van der Waals surface area contributed by atoms with E-state index in [1.807, 2.05) is 13.0 Å². The van der Waals surface area contributed by atoms with Gasteiger partial charge in [0.1, 0.15) is 5.82 Å². The summed E-state index contributed by atoms with van der Waals surface area (Å²) in [7, 11) is 0. The van der Waals surface area contributed by atoms with Gasteiger partial charge in [-0.3, -0.25) is 0 Å². The number of benzene rings is 1. The Labute approximate surface area is 125 Å². The first-order valence-corrected chi connectivity index (χ1v) is 7.68. The molecule has 1 aromatic heterocycles. The van der Waals surface area contributed by atoms with Crippen molar-refractivity contribution < 1.29 is 4.39 Å². The lowest BCUT2D eigenvalue weighted by atomic mass is 10.1. The highest BCUT2D eigenvalue weighted by molar-refractivity contribution is 9.10. The first-order valence-electron chi connectivity index (χ1n) is 4.84. The molecule has 17 heavy (non-hydrogen) atoms. The molecule has 0 saturated heterocycles. The minimum atomic E-state index is -0.338. The fourth-order valence-electron chi connectivity index (χ4n) is 1.47. The smallest absolute Gasteiger partial charge is 0.123 e. The summed E-state index contributed by atoms with van der Waals surface area (Å²) in [6.07, 6.45) is 0. The molecule has 0 spiro atoms. The van der Waals surface area contributed by atoms with Gasteiger partial charge in [0.2, 0.25) is 0 Å². The van der Waals surface area contributed by atoms with Crippen LogP contribution < -0.4 is 0 Å². The number of rotatable bonds is 2. The van der Waals surface area contributed by atoms with Gasteiger partial charge in [-0.2, -0.15) is 0 Å². The maximum atomic E-state index is 13.2. The van der Waals surface area contributed by atoms with Gasteiger partial charge >= 0.3 is 0 Å². The Kier molecular flexibility index (Phi) is 4.29. The van der Waals surface area contributed by atoms with E-state index in [1.165, 1.54) is 12.1 Å². The summed E-state index contributed by atoms with van der Waals surface area (Å²) in [6.45, 7) is 2.02. The quantitative estimate of drug-likeness (QED) is 0.540. The van der Waals surface area contributed by atoms with Crippen molar-refractivity contribution in [3.8, 4) is 0 Å². The Morgan fingerprint density at radius 1 is 1.24 bits per heavy atom. The van der Waals surface area contributed by atoms with Gasteiger partial charge < -0.3 is 0 Å². The molecule has 2 aromatic rings. The van der Waals surface area contributed by atoms with Crippen molar-refractivity contribution in [1.29, 1.82) is 0 Å². The van der Waals surface area contributed by atoms with Crippen molar-refractivity contribution in [2.45, 2.75) is 12.3 Å². The first-order chi connectivity index (χ1) is 7.99. The molecule has 2 rings (SSSR count). The SMILES string of the molecule is Cc1sc(C(Cl)c2cc(F)ccc2Br)cc1Br. The molecule has 0 nitrogen and oxygen atoms in total. The second kappa shape index (κ2) is 5.39. The molecule has 1 aromatic carbocycles. The highest BCUT2D eigenvalue weighted by Gasteiger charge is 2.17. The lowest BCUT2D eigenvalue weighted by molar-refractivity contribution is 0.625. The van der Waals surface area contributed by atoms with Crippen molar-refractivity contribution in [2.24, 2.45) is 0 Å². The maximum absolute atomic E-state index is 13.2. The van der Waals surface area contributed by atoms with Crippen LogP contribution in [-0.4, -0.2) is 0 Å². The number of alkyl halides is 1. The molecule has 1 atom stereocenters. The van der Waals surface area contributed by atoms with E-state index in [2.05, 4.69) is 31.9 Å². The molecule has 0 amide bonds. The van der Waals surface area contributed by atoms with E-state index in [0.717, 1.165) is 24.3 Å². The molecule has 5 heteroatoms. The average Bonchev–Trinajstić information content (AvgIpc) is 2.62. The zero-order valence-corrected chi connectivity index (χ0v) is 13.6. The predicted octanol–water partition coefficient (Wildman–Crippen LogP) is 6.05. The third-order valence-corrected chi connectivity index (χ3v) is 5.88. The fraction of sp³-hybridized carbons (Fsp3) is 0.167. The summed E-state index contributed by atoms with van der Waals surface area (Å²) in [5, 5.41) is -0.338. The number of aryl methyl sites for hydroxylation is 1. The largest absolute Gasteiger partial charge is 0.207 e. The number of halogens is 4. The zero-order chi connectivity index (χ0) is 12.6. The lowest BCUT2D eigenvalue weighted by Gasteiger charge is -2.10. The Morgan fingerprint density at radius 2 is 1.94 bits per heavy atom. The predicted molar refractivity (Wildman–Crippen MR) is 78.6 cm³/mol. The molecule has 0 N–H and O–H groups in total. The molecule has 0 aliphatic rings. The summed E-state index contributed by atoms with van der Waals surface area (Å²) in [5.41, 5.74) is 0.750. The molecule has 0 bridgehead atoms. The van der Waals surface area contributed by atoms with Crippen LogP contribution in [0, 0.1) is 12.7 Å². The third-order valence-electron chi connectivity index (χ3n) is 2.36. The molecule has 0 fully saturated rings. The summed E-state index contributed by atoms with van der Waals surface area (Å²) >= 11 is 14.8. The number of thiophene rings is 1. The minimum Gasteiger partial charge on any atom is -0.207 e. The van der Waals surface area contributed by atoms with E-state index in [-0.39, 0.29) is 11.2 Å². The van der Waals surface area contributed by atoms with Crippen LogP contribution in [0.25, 0.3) is 0 Å². The van der Waals surface area contributed by atoms with Gasteiger partial charge in [0.25, 0.3) is 0 Å². The molecule has 0 aliphatic heterocycles. The van der Waals surface area contributed by atoms with E-state index in [4.69, 9.17) is 11.6 Å². The van der Waals surface area contributed by atoms with Crippen LogP contribution in [0.2, 0.25) is 0 Å². The second-order valence-corrected chi connectivity index (χ2v) is 7.01. The Bertz CT molecular complexity index is 534. The average molecular weight is 399 g/mol. The van der Waals surface area contributed by atoms with Crippen LogP contribution in [-0.2, 0) is 0 Å². The summed E-state index contributed by atoms with van der Waals surface area (Å²) in [5.74, 6) is -0.277. The highest BCUT2D eigenvalue weighted by Crippen LogP contribution is 2.40. The number of hydrogen-bond donors (Lipinski definition) is 0. The molecule has 1 unspecified atom stereocenters. The van der Waals surface area contributed by atoms with Gasteiger partial charge in [0, 0.05) is 18.7 Å². The standard InChI is InChI=1S/C12H8Br2ClFS/c1-6-10(14)5-11(17-6)12(15)8-4-7(16)2-3-9(8)13/h2-5,12H,1H3. The summed E-state index contributed by atoms with van der Waals surface area (Å²) < 4.78 is 15.1. The topological polar surface area (TPSA) is 0 Å². The molecule has 0 aliphatic carbocycles. The summed E-state index contributed by atoms with van der Waals surface area (Å²) in [6, 6.07) is 6.53. The third kappa shape index (κ3) is 2.92. The Morgan fingerprint density at radius 3 is 2.53 bits per heavy atom. The molecule has 0 saturated carbocycles. The fourth-order valence-corrected chi connectivity index (χ4v) is 4.01. The van der Waals surface area contributed by atoms with Crippen LogP contribution in [0.3, 0.4) is 0 Å². The van der Waals surface area contributed by atoms with Gasteiger partial charge in [0.15, 0.2) is 0 Å². The van der Waals surface area contributed by atoms with E-state index in [9.17, 15) is 4.39 Å².